The Hall–Kier alpha value is -5.64. The summed E-state index contributed by atoms with van der Waals surface area (Å²) in [4.78, 5) is 50.7. The Labute approximate surface area is 279 Å². The molecule has 1 aliphatic carbocycles. The predicted octanol–water partition coefficient (Wildman–Crippen LogP) is 7.58. The van der Waals surface area contributed by atoms with Crippen molar-refractivity contribution in [2.24, 2.45) is 5.73 Å². The van der Waals surface area contributed by atoms with Crippen LogP contribution in [0.5, 0.6) is 0 Å². The number of hydrogen-bond acceptors (Lipinski definition) is 4. The number of aromatic nitrogens is 3. The number of Topliss-reactive ketones (excluding diaryl/α,β-unsaturated/α-hetero) is 2. The third-order valence-corrected chi connectivity index (χ3v) is 9.55. The maximum absolute atomic E-state index is 12.8. The Balaban J connectivity index is 0.000000154. The Morgan fingerprint density at radius 2 is 1.43 bits per heavy atom. The van der Waals surface area contributed by atoms with E-state index in [4.69, 9.17) is 5.73 Å². The molecule has 1 amide bonds. The first kappa shape index (κ1) is 31.9. The average molecular weight is 661 g/mol. The lowest BCUT2D eigenvalue weighted by Gasteiger charge is -2.06. The van der Waals surface area contributed by atoms with E-state index in [9.17, 15) is 28.0 Å². The van der Waals surface area contributed by atoms with Crippen molar-refractivity contribution in [1.29, 1.82) is 0 Å². The summed E-state index contributed by atoms with van der Waals surface area (Å²) in [5, 5.41) is 4.84. The molecule has 0 atom stereocenters. The average Bonchev–Trinajstić information content (AvgIpc) is 3.75. The number of hydrogen-bond donors (Lipinski definition) is 2. The molecule has 3 N–H and O–H groups in total. The summed E-state index contributed by atoms with van der Waals surface area (Å²) < 4.78 is 29.6. The van der Waals surface area contributed by atoms with Crippen molar-refractivity contribution in [3.63, 3.8) is 0 Å². The first-order valence-corrected chi connectivity index (χ1v) is 16.3. The second kappa shape index (κ2) is 12.8. The molecule has 3 heterocycles. The van der Waals surface area contributed by atoms with Gasteiger partial charge in [-0.3, -0.25) is 28.0 Å². The van der Waals surface area contributed by atoms with Crippen molar-refractivity contribution in [2.45, 2.75) is 45.7 Å². The molecule has 0 radical (unpaired) electrons. The van der Waals surface area contributed by atoms with Crippen LogP contribution in [0.4, 0.5) is 8.78 Å². The lowest BCUT2D eigenvalue weighted by atomic mass is 10.0. The number of amides is 1. The molecular formula is C39H34F2N4O4. The Bertz CT molecular complexity index is 2540. The van der Waals surface area contributed by atoms with Crippen LogP contribution in [0.1, 0.15) is 62.8 Å². The molecule has 3 aromatic heterocycles. The third-order valence-electron chi connectivity index (χ3n) is 9.55. The monoisotopic (exact) mass is 660 g/mol. The first-order chi connectivity index (χ1) is 23.7. The number of aromatic amines is 1. The number of fused-ring (bicyclic) bond motifs is 10. The van der Waals surface area contributed by atoms with Gasteiger partial charge in [0, 0.05) is 91.4 Å². The molecule has 8 rings (SSSR count). The van der Waals surface area contributed by atoms with Crippen LogP contribution in [0.15, 0.2) is 77.7 Å². The molecule has 0 unspecified atom stereocenters. The van der Waals surface area contributed by atoms with Crippen molar-refractivity contribution in [3.05, 3.63) is 106 Å². The van der Waals surface area contributed by atoms with Crippen molar-refractivity contribution in [2.75, 3.05) is 13.3 Å². The number of H-pyrrole nitrogens is 1. The first-order valence-electron chi connectivity index (χ1n) is 16.3. The molecule has 7 aromatic rings. The van der Waals surface area contributed by atoms with Crippen LogP contribution >= 0.6 is 0 Å². The van der Waals surface area contributed by atoms with Crippen molar-refractivity contribution in [1.82, 2.24) is 14.1 Å². The molecule has 0 saturated heterocycles. The summed E-state index contributed by atoms with van der Waals surface area (Å²) in [5.74, 6) is -0.332. The molecule has 0 aliphatic heterocycles. The maximum Gasteiger partial charge on any atom is 0.255 e. The summed E-state index contributed by atoms with van der Waals surface area (Å²) in [6.45, 7) is 1.83. The molecule has 10 heteroatoms. The number of alkyl halides is 2. The molecule has 49 heavy (non-hydrogen) atoms. The number of primary amides is 1. The highest BCUT2D eigenvalue weighted by Gasteiger charge is 2.25. The molecule has 0 fully saturated rings. The summed E-state index contributed by atoms with van der Waals surface area (Å²) in [6.07, 6.45) is 3.67. The molecule has 0 saturated carbocycles. The number of rotatable bonds is 8. The van der Waals surface area contributed by atoms with E-state index >= 15 is 0 Å². The Kier molecular flexibility index (Phi) is 8.32. The van der Waals surface area contributed by atoms with Gasteiger partial charge >= 0.3 is 0 Å². The van der Waals surface area contributed by atoms with Crippen LogP contribution in [0.3, 0.4) is 0 Å². The smallest absolute Gasteiger partial charge is 0.255 e. The number of carbonyl (C=O) groups excluding carboxylic acids is 3. The van der Waals surface area contributed by atoms with Gasteiger partial charge in [0.2, 0.25) is 5.91 Å². The SMILES string of the molecule is CC(=O)c1ccc2c(c1)c1c3c(ccc1n2CCCF)C(=O)CC3.NC(=O)c1cccc2c1c1c3cc[nH]c(=O)c3ccc1n2CCCF. The normalized spacial score (nSPS) is 12.7. The van der Waals surface area contributed by atoms with Gasteiger partial charge in [-0.25, -0.2) is 0 Å². The van der Waals surface area contributed by atoms with E-state index in [-0.39, 0.29) is 23.8 Å². The Morgan fingerprint density at radius 1 is 0.755 bits per heavy atom. The summed E-state index contributed by atoms with van der Waals surface area (Å²) in [6, 6.07) is 20.3. The fourth-order valence-electron chi connectivity index (χ4n) is 7.40. The predicted molar refractivity (Wildman–Crippen MR) is 189 cm³/mol. The molecular weight excluding hydrogens is 626 g/mol. The standard InChI is InChI=1S/C20H18FNO2.C19H16FN3O2/c1-12(23)13-3-6-17-16(11-13)20-15-5-8-19(24)14(15)4-7-18(20)22(17)10-2-9-21;20-8-2-10-23-14-4-1-3-13(18(21)24)17(14)16-11-7-9-22-19(25)12(11)5-6-15(16)23/h3-4,6-7,11H,2,5,8-10H2,1H3;1,3-7,9H,2,8,10H2,(H2,21,24)(H,22,25). The van der Waals surface area contributed by atoms with Gasteiger partial charge in [-0.05, 0) is 97.8 Å². The van der Waals surface area contributed by atoms with Gasteiger partial charge in [0.25, 0.3) is 5.56 Å². The third kappa shape index (κ3) is 5.28. The number of nitrogens with zero attached hydrogens (tertiary/aromatic N) is 2. The quantitative estimate of drug-likeness (QED) is 0.163. The zero-order valence-corrected chi connectivity index (χ0v) is 26.9. The number of carbonyl (C=O) groups is 3. The number of halogens is 2. The fourth-order valence-corrected chi connectivity index (χ4v) is 7.40. The van der Waals surface area contributed by atoms with Gasteiger partial charge in [-0.15, -0.1) is 0 Å². The summed E-state index contributed by atoms with van der Waals surface area (Å²) >= 11 is 0. The summed E-state index contributed by atoms with van der Waals surface area (Å²) in [5.41, 5.74) is 12.0. The van der Waals surface area contributed by atoms with E-state index in [1.54, 1.807) is 31.3 Å². The van der Waals surface area contributed by atoms with Gasteiger partial charge < -0.3 is 19.9 Å². The second-order valence-corrected chi connectivity index (χ2v) is 12.4. The van der Waals surface area contributed by atoms with E-state index in [0.29, 0.717) is 54.3 Å². The van der Waals surface area contributed by atoms with Gasteiger partial charge in [-0.1, -0.05) is 6.07 Å². The van der Waals surface area contributed by atoms with Crippen LogP contribution in [0, 0.1) is 0 Å². The lowest BCUT2D eigenvalue weighted by molar-refractivity contribution is 0.0989. The van der Waals surface area contributed by atoms with Crippen LogP contribution in [-0.2, 0) is 19.5 Å². The van der Waals surface area contributed by atoms with Crippen LogP contribution in [0.2, 0.25) is 0 Å². The van der Waals surface area contributed by atoms with E-state index in [1.807, 2.05) is 53.1 Å². The molecule has 0 spiro atoms. The van der Waals surface area contributed by atoms with Gasteiger partial charge in [0.15, 0.2) is 11.6 Å². The zero-order chi connectivity index (χ0) is 34.4. The van der Waals surface area contributed by atoms with Crippen molar-refractivity contribution in [3.8, 4) is 0 Å². The van der Waals surface area contributed by atoms with E-state index in [0.717, 1.165) is 61.2 Å². The maximum atomic E-state index is 12.8. The van der Waals surface area contributed by atoms with Crippen LogP contribution in [0.25, 0.3) is 54.4 Å². The van der Waals surface area contributed by atoms with Crippen LogP contribution in [-0.4, -0.2) is 44.9 Å². The minimum atomic E-state index is -0.531. The lowest BCUT2D eigenvalue weighted by Crippen LogP contribution is -2.11. The van der Waals surface area contributed by atoms with Crippen molar-refractivity contribution >= 4 is 71.9 Å². The van der Waals surface area contributed by atoms with Gasteiger partial charge in [-0.2, -0.15) is 0 Å². The van der Waals surface area contributed by atoms with E-state index < -0.39 is 12.6 Å². The van der Waals surface area contributed by atoms with Gasteiger partial charge in [0.05, 0.1) is 13.3 Å². The second-order valence-electron chi connectivity index (χ2n) is 12.4. The molecule has 1 aliphatic rings. The number of pyridine rings is 1. The van der Waals surface area contributed by atoms with E-state index in [1.165, 1.54) is 0 Å². The Morgan fingerprint density at radius 3 is 2.14 bits per heavy atom. The van der Waals surface area contributed by atoms with Crippen molar-refractivity contribution < 1.29 is 23.2 Å². The molecule has 248 valence electrons. The zero-order valence-electron chi connectivity index (χ0n) is 26.9. The van der Waals surface area contributed by atoms with Crippen LogP contribution < -0.4 is 11.3 Å². The van der Waals surface area contributed by atoms with E-state index in [2.05, 4.69) is 9.55 Å². The highest BCUT2D eigenvalue weighted by atomic mass is 19.1. The highest BCUT2D eigenvalue weighted by Crippen LogP contribution is 2.38. The largest absolute Gasteiger partial charge is 0.366 e. The number of nitrogens with two attached hydrogens (primary N) is 1. The number of benzene rings is 4. The molecule has 8 nitrogen and oxygen atoms in total. The highest BCUT2D eigenvalue weighted by molar-refractivity contribution is 6.25. The minimum absolute atomic E-state index is 0.0187. The number of ketones is 2. The number of aryl methyl sites for hydroxylation is 3. The fraction of sp³-hybridized carbons (Fsp3) is 0.231. The molecule has 4 aromatic carbocycles. The van der Waals surface area contributed by atoms with Gasteiger partial charge in [0.1, 0.15) is 0 Å². The topological polar surface area (TPSA) is 120 Å². The summed E-state index contributed by atoms with van der Waals surface area (Å²) in [7, 11) is 0. The molecule has 0 bridgehead atoms. The minimum Gasteiger partial charge on any atom is -0.366 e. The number of nitrogens with one attached hydrogen (secondary N) is 1.